The summed E-state index contributed by atoms with van der Waals surface area (Å²) in [6.07, 6.45) is 1.92. The van der Waals surface area contributed by atoms with Crippen molar-refractivity contribution in [3.8, 4) is 0 Å². The molecule has 3 rings (SSSR count). The summed E-state index contributed by atoms with van der Waals surface area (Å²) in [7, 11) is 0. The number of carbonyl (C=O) groups is 2. The Balaban J connectivity index is 1.80. The predicted octanol–water partition coefficient (Wildman–Crippen LogP) is 3.48. The number of rotatable bonds is 6. The zero-order valence-corrected chi connectivity index (χ0v) is 14.3. The highest BCUT2D eigenvalue weighted by Gasteiger charge is 2.13. The number of H-pyrrole nitrogens is 1. The quantitative estimate of drug-likeness (QED) is 0.592. The van der Waals surface area contributed by atoms with Gasteiger partial charge < -0.3 is 10.6 Å². The van der Waals surface area contributed by atoms with Gasteiger partial charge in [0.2, 0.25) is 0 Å². The van der Waals surface area contributed by atoms with Gasteiger partial charge in [0, 0.05) is 23.1 Å². The summed E-state index contributed by atoms with van der Waals surface area (Å²) in [5.41, 5.74) is 1.51. The van der Waals surface area contributed by atoms with Crippen LogP contribution in [0, 0.1) is 5.82 Å². The van der Waals surface area contributed by atoms with Crippen LogP contribution in [0.15, 0.2) is 42.5 Å². The summed E-state index contributed by atoms with van der Waals surface area (Å²) in [6.45, 7) is 2.67. The molecule has 26 heavy (non-hydrogen) atoms. The minimum Gasteiger partial charge on any atom is -0.352 e. The van der Waals surface area contributed by atoms with Crippen LogP contribution in [0.3, 0.4) is 0 Å². The number of aromatic amines is 1. The molecule has 0 saturated heterocycles. The van der Waals surface area contributed by atoms with Crippen molar-refractivity contribution in [2.75, 3.05) is 11.9 Å². The number of anilines is 1. The van der Waals surface area contributed by atoms with Crippen LogP contribution in [0.1, 0.15) is 40.5 Å². The van der Waals surface area contributed by atoms with Crippen molar-refractivity contribution < 1.29 is 14.0 Å². The van der Waals surface area contributed by atoms with Crippen LogP contribution in [0.25, 0.3) is 10.9 Å². The summed E-state index contributed by atoms with van der Waals surface area (Å²) in [5, 5.41) is 13.1. The highest BCUT2D eigenvalue weighted by atomic mass is 19.1. The van der Waals surface area contributed by atoms with E-state index < -0.39 is 11.7 Å². The number of carbonyl (C=O) groups excluding carboxylic acids is 2. The van der Waals surface area contributed by atoms with Crippen LogP contribution in [-0.2, 0) is 0 Å². The molecule has 0 fully saturated rings. The molecule has 1 heterocycles. The van der Waals surface area contributed by atoms with Crippen molar-refractivity contribution in [2.45, 2.75) is 19.8 Å². The molecule has 7 heteroatoms. The first-order valence-corrected chi connectivity index (χ1v) is 8.41. The molecule has 0 saturated carbocycles. The van der Waals surface area contributed by atoms with E-state index in [0.29, 0.717) is 34.4 Å². The fourth-order valence-corrected chi connectivity index (χ4v) is 2.51. The van der Waals surface area contributed by atoms with Gasteiger partial charge in [0.1, 0.15) is 5.82 Å². The van der Waals surface area contributed by atoms with E-state index in [4.69, 9.17) is 0 Å². The van der Waals surface area contributed by atoms with Crippen LogP contribution >= 0.6 is 0 Å². The van der Waals surface area contributed by atoms with E-state index in [1.807, 2.05) is 0 Å². The number of amides is 2. The molecule has 0 bridgehead atoms. The molecule has 0 aliphatic heterocycles. The smallest absolute Gasteiger partial charge is 0.256 e. The van der Waals surface area contributed by atoms with Crippen molar-refractivity contribution in [1.82, 2.24) is 15.5 Å². The van der Waals surface area contributed by atoms with Gasteiger partial charge >= 0.3 is 0 Å². The first-order chi connectivity index (χ1) is 12.6. The van der Waals surface area contributed by atoms with Crippen molar-refractivity contribution >= 4 is 28.5 Å². The van der Waals surface area contributed by atoms with Crippen LogP contribution < -0.4 is 10.6 Å². The summed E-state index contributed by atoms with van der Waals surface area (Å²) in [4.78, 5) is 24.5. The lowest BCUT2D eigenvalue weighted by molar-refractivity contribution is 0.0952. The molecule has 2 aromatic carbocycles. The van der Waals surface area contributed by atoms with E-state index in [9.17, 15) is 14.0 Å². The fourth-order valence-electron chi connectivity index (χ4n) is 2.51. The van der Waals surface area contributed by atoms with Crippen molar-refractivity contribution in [3.63, 3.8) is 0 Å². The molecule has 0 aliphatic rings. The second-order valence-electron chi connectivity index (χ2n) is 5.90. The minimum absolute atomic E-state index is 0.169. The Morgan fingerprint density at radius 2 is 1.81 bits per heavy atom. The third-order valence-corrected chi connectivity index (χ3v) is 3.98. The van der Waals surface area contributed by atoms with Gasteiger partial charge in [-0.05, 0) is 48.9 Å². The maximum absolute atomic E-state index is 13.0. The summed E-state index contributed by atoms with van der Waals surface area (Å²) in [6, 6.07) is 10.4. The fraction of sp³-hybridized carbons (Fsp3) is 0.211. The molecule has 2 amide bonds. The van der Waals surface area contributed by atoms with Gasteiger partial charge in [-0.15, -0.1) is 0 Å². The van der Waals surface area contributed by atoms with E-state index in [1.54, 1.807) is 18.2 Å². The number of fused-ring (bicyclic) bond motifs is 1. The molecule has 6 nitrogen and oxygen atoms in total. The summed E-state index contributed by atoms with van der Waals surface area (Å²) in [5.74, 6) is -0.670. The Bertz CT molecular complexity index is 934. The van der Waals surface area contributed by atoms with Crippen LogP contribution in [-0.4, -0.2) is 28.6 Å². The molecule has 0 unspecified atom stereocenters. The van der Waals surface area contributed by atoms with Gasteiger partial charge in [-0.25, -0.2) is 4.39 Å². The van der Waals surface area contributed by atoms with Gasteiger partial charge in [0.15, 0.2) is 5.82 Å². The average Bonchev–Trinajstić information content (AvgIpc) is 3.04. The maximum atomic E-state index is 13.0. The standard InChI is InChI=1S/C19H19FN4O2/c1-2-3-10-21-18(25)13-6-9-16-15(11-13)17(24-23-16)22-19(26)12-4-7-14(20)8-5-12/h4-9,11H,2-3,10H2,1H3,(H,21,25)(H2,22,23,24,26). The topological polar surface area (TPSA) is 86.9 Å². The van der Waals surface area contributed by atoms with E-state index in [-0.39, 0.29) is 5.91 Å². The van der Waals surface area contributed by atoms with E-state index in [1.165, 1.54) is 24.3 Å². The number of hydrogen-bond acceptors (Lipinski definition) is 3. The highest BCUT2D eigenvalue weighted by Crippen LogP contribution is 2.22. The molecule has 3 N–H and O–H groups in total. The van der Waals surface area contributed by atoms with Gasteiger partial charge in [0.05, 0.1) is 5.52 Å². The average molecular weight is 354 g/mol. The summed E-state index contributed by atoms with van der Waals surface area (Å²) >= 11 is 0. The van der Waals surface area contributed by atoms with Crippen molar-refractivity contribution in [3.05, 3.63) is 59.4 Å². The van der Waals surface area contributed by atoms with Crippen LogP contribution in [0.4, 0.5) is 10.2 Å². The highest BCUT2D eigenvalue weighted by molar-refractivity contribution is 6.09. The van der Waals surface area contributed by atoms with E-state index in [0.717, 1.165) is 12.8 Å². The number of benzene rings is 2. The van der Waals surface area contributed by atoms with Gasteiger partial charge in [-0.3, -0.25) is 14.7 Å². The molecule has 1 aromatic heterocycles. The SMILES string of the molecule is CCCCNC(=O)c1ccc2[nH]nc(NC(=O)c3ccc(F)cc3)c2c1. The molecule has 0 atom stereocenters. The van der Waals surface area contributed by atoms with E-state index in [2.05, 4.69) is 27.8 Å². The number of nitrogens with zero attached hydrogens (tertiary/aromatic N) is 1. The monoisotopic (exact) mass is 354 g/mol. The Hall–Kier alpha value is -3.22. The van der Waals surface area contributed by atoms with Gasteiger partial charge in [-0.2, -0.15) is 5.10 Å². The van der Waals surface area contributed by atoms with Crippen LogP contribution in [0.2, 0.25) is 0 Å². The number of aromatic nitrogens is 2. The predicted molar refractivity (Wildman–Crippen MR) is 97.7 cm³/mol. The van der Waals surface area contributed by atoms with Crippen LogP contribution in [0.5, 0.6) is 0 Å². The Morgan fingerprint density at radius 1 is 1.08 bits per heavy atom. The molecular weight excluding hydrogens is 335 g/mol. The first kappa shape index (κ1) is 17.6. The van der Waals surface area contributed by atoms with Gasteiger partial charge in [0.25, 0.3) is 11.8 Å². The Labute approximate surface area is 149 Å². The lowest BCUT2D eigenvalue weighted by Gasteiger charge is -2.05. The number of unbranched alkanes of at least 4 members (excludes halogenated alkanes) is 1. The molecule has 0 spiro atoms. The van der Waals surface area contributed by atoms with Crippen molar-refractivity contribution in [1.29, 1.82) is 0 Å². The molecule has 3 aromatic rings. The maximum Gasteiger partial charge on any atom is 0.256 e. The molecular formula is C19H19FN4O2. The normalized spacial score (nSPS) is 10.7. The van der Waals surface area contributed by atoms with Crippen molar-refractivity contribution in [2.24, 2.45) is 0 Å². The minimum atomic E-state index is -0.412. The lowest BCUT2D eigenvalue weighted by Crippen LogP contribution is -2.24. The third-order valence-electron chi connectivity index (χ3n) is 3.98. The zero-order chi connectivity index (χ0) is 18.5. The zero-order valence-electron chi connectivity index (χ0n) is 14.3. The molecule has 0 aliphatic carbocycles. The first-order valence-electron chi connectivity index (χ1n) is 8.41. The number of halogens is 1. The lowest BCUT2D eigenvalue weighted by atomic mass is 10.1. The van der Waals surface area contributed by atoms with Gasteiger partial charge in [-0.1, -0.05) is 13.3 Å². The third kappa shape index (κ3) is 3.88. The largest absolute Gasteiger partial charge is 0.352 e. The molecule has 134 valence electrons. The second kappa shape index (κ2) is 7.77. The van der Waals surface area contributed by atoms with E-state index >= 15 is 0 Å². The number of hydrogen-bond donors (Lipinski definition) is 3. The molecule has 0 radical (unpaired) electrons. The second-order valence-corrected chi connectivity index (χ2v) is 5.90. The summed E-state index contributed by atoms with van der Waals surface area (Å²) < 4.78 is 13.0. The Morgan fingerprint density at radius 3 is 2.54 bits per heavy atom. The Kier molecular flexibility index (Phi) is 5.26. The number of nitrogens with one attached hydrogen (secondary N) is 3.